The molecule has 0 amide bonds. The highest BCUT2D eigenvalue weighted by molar-refractivity contribution is 7.81. The molecule has 0 heterocycles. The average molecular weight is 579 g/mol. The Morgan fingerprint density at radius 1 is 1.03 bits per heavy atom. The first kappa shape index (κ1) is 30.4. The quantitative estimate of drug-likeness (QED) is 0.241. The van der Waals surface area contributed by atoms with Crippen LogP contribution in [0.1, 0.15) is 91.9 Å². The van der Waals surface area contributed by atoms with Crippen molar-refractivity contribution in [2.45, 2.75) is 104 Å². The van der Waals surface area contributed by atoms with Crippen molar-refractivity contribution < 1.29 is 39.4 Å². The van der Waals surface area contributed by atoms with Crippen LogP contribution in [-0.4, -0.2) is 49.9 Å². The molecular weight excluding hydrogens is 532 g/mol. The highest BCUT2D eigenvalue weighted by atomic mass is 32.3. The van der Waals surface area contributed by atoms with Gasteiger partial charge in [0.25, 0.3) is 0 Å². The van der Waals surface area contributed by atoms with Gasteiger partial charge in [0.1, 0.15) is 6.10 Å². The van der Waals surface area contributed by atoms with Crippen molar-refractivity contribution >= 4 is 20.8 Å². The fraction of sp³-hybridized carbons (Fsp3) is 0.926. The molecular formula is C27H46O9S2. The van der Waals surface area contributed by atoms with Crippen LogP contribution >= 0.6 is 0 Å². The van der Waals surface area contributed by atoms with E-state index in [1.54, 1.807) is 0 Å². The lowest BCUT2D eigenvalue weighted by Gasteiger charge is -2.59. The zero-order valence-electron chi connectivity index (χ0n) is 23.1. The van der Waals surface area contributed by atoms with Crippen LogP contribution in [0.4, 0.5) is 0 Å². The Labute approximate surface area is 228 Å². The predicted octanol–water partition coefficient (Wildman–Crippen LogP) is 4.99. The zero-order chi connectivity index (χ0) is 28.1. The summed E-state index contributed by atoms with van der Waals surface area (Å²) in [4.78, 5) is 0. The van der Waals surface area contributed by atoms with E-state index in [4.69, 9.17) is 12.9 Å². The average Bonchev–Trinajstić information content (AvgIpc) is 3.12. The van der Waals surface area contributed by atoms with E-state index in [1.165, 1.54) is 0 Å². The highest BCUT2D eigenvalue weighted by Gasteiger charge is 2.60. The molecule has 0 aromatic rings. The second-order valence-corrected chi connectivity index (χ2v) is 15.5. The first-order valence-corrected chi connectivity index (χ1v) is 16.9. The molecule has 4 aliphatic rings. The fourth-order valence-electron chi connectivity index (χ4n) is 9.11. The Morgan fingerprint density at radius 2 is 1.74 bits per heavy atom. The van der Waals surface area contributed by atoms with Crippen LogP contribution in [0.2, 0.25) is 0 Å². The molecule has 0 unspecified atom stereocenters. The molecule has 0 saturated heterocycles. The molecule has 4 aliphatic carbocycles. The molecule has 0 aliphatic heterocycles. The third-order valence-corrected chi connectivity index (χ3v) is 11.7. The topological polar surface area (TPSA) is 147 Å². The van der Waals surface area contributed by atoms with Crippen molar-refractivity contribution in [2.75, 3.05) is 6.61 Å². The monoisotopic (exact) mass is 578 g/mol. The zero-order valence-corrected chi connectivity index (χ0v) is 24.7. The van der Waals surface area contributed by atoms with Crippen molar-refractivity contribution in [1.82, 2.24) is 0 Å². The van der Waals surface area contributed by atoms with Gasteiger partial charge in [-0.2, -0.15) is 16.8 Å². The van der Waals surface area contributed by atoms with Gasteiger partial charge < -0.3 is 5.11 Å². The summed E-state index contributed by atoms with van der Waals surface area (Å²) in [6.45, 7) is 8.93. The van der Waals surface area contributed by atoms with E-state index in [0.717, 1.165) is 56.9 Å². The van der Waals surface area contributed by atoms with E-state index in [9.17, 15) is 26.5 Å². The number of aliphatic hydroxyl groups is 1. The largest absolute Gasteiger partial charge is 0.397 e. The van der Waals surface area contributed by atoms with Gasteiger partial charge in [-0.25, -0.2) is 8.37 Å². The SMILES string of the molecule is CC(C)CCC[C@@H](COS(=O)(=O)O)[C@H]1CC[C@H]2[C@@H]3CC=C4C[C@H](OS(=O)(=O)O)[C@@H](O)C[C@]4(C)[C@H]3CC[C@]12C. The molecule has 220 valence electrons. The van der Waals surface area contributed by atoms with E-state index in [-0.39, 0.29) is 29.8 Å². The molecule has 0 aromatic carbocycles. The standard InChI is InChI=1S/C27H46O9S2/c1-17(2)6-5-7-18(16-35-37(29,30)31)21-10-11-22-20-9-8-19-14-25(36-38(32,33)34)24(28)15-27(19,4)23(20)12-13-26(21,22)3/h8,17-18,20-25,28H,5-7,9-16H2,1-4H3,(H,29,30,31)(H,32,33,34)/t18-,20-,21+,22-,23-,24-,25-,26+,27-/m0/s1. The van der Waals surface area contributed by atoms with Crippen LogP contribution in [0.3, 0.4) is 0 Å². The minimum Gasteiger partial charge on any atom is -0.390 e. The predicted molar refractivity (Wildman–Crippen MR) is 143 cm³/mol. The maximum atomic E-state index is 11.4. The first-order valence-electron chi connectivity index (χ1n) is 14.2. The summed E-state index contributed by atoms with van der Waals surface area (Å²) in [7, 11) is -9.14. The molecule has 3 N–H and O–H groups in total. The molecule has 38 heavy (non-hydrogen) atoms. The molecule has 4 rings (SSSR count). The molecule has 9 atom stereocenters. The van der Waals surface area contributed by atoms with E-state index < -0.39 is 33.0 Å². The third-order valence-electron chi connectivity index (χ3n) is 10.8. The second-order valence-electron chi connectivity index (χ2n) is 13.3. The molecule has 0 aromatic heterocycles. The van der Waals surface area contributed by atoms with E-state index >= 15 is 0 Å². The second kappa shape index (κ2) is 11.0. The normalized spacial score (nSPS) is 40.3. The Kier molecular flexibility index (Phi) is 8.82. The van der Waals surface area contributed by atoms with Gasteiger partial charge in [-0.05, 0) is 97.7 Å². The summed E-state index contributed by atoms with van der Waals surface area (Å²) in [5.74, 6) is 2.18. The smallest absolute Gasteiger partial charge is 0.390 e. The Bertz CT molecular complexity index is 1100. The number of rotatable bonds is 10. The number of hydrogen-bond acceptors (Lipinski definition) is 7. The molecule has 3 fully saturated rings. The summed E-state index contributed by atoms with van der Waals surface area (Å²) in [6, 6.07) is 0. The number of hydrogen-bond donors (Lipinski definition) is 3. The van der Waals surface area contributed by atoms with Crippen molar-refractivity contribution in [2.24, 2.45) is 46.3 Å². The van der Waals surface area contributed by atoms with Gasteiger partial charge in [0.15, 0.2) is 0 Å². The van der Waals surface area contributed by atoms with Crippen molar-refractivity contribution in [3.05, 3.63) is 11.6 Å². The minimum atomic E-state index is -4.65. The maximum absolute atomic E-state index is 11.4. The third kappa shape index (κ3) is 6.34. The van der Waals surface area contributed by atoms with E-state index in [2.05, 4.69) is 33.8 Å². The lowest BCUT2D eigenvalue weighted by molar-refractivity contribution is -0.0865. The highest BCUT2D eigenvalue weighted by Crippen LogP contribution is 2.67. The van der Waals surface area contributed by atoms with Gasteiger partial charge in [0.2, 0.25) is 0 Å². The summed E-state index contributed by atoms with van der Waals surface area (Å²) in [6.07, 6.45) is 8.82. The summed E-state index contributed by atoms with van der Waals surface area (Å²) >= 11 is 0. The van der Waals surface area contributed by atoms with Gasteiger partial charge >= 0.3 is 20.8 Å². The first-order chi connectivity index (χ1) is 17.5. The maximum Gasteiger partial charge on any atom is 0.397 e. The molecule has 3 saturated carbocycles. The van der Waals surface area contributed by atoms with Crippen LogP contribution in [0.25, 0.3) is 0 Å². The van der Waals surface area contributed by atoms with Crippen LogP contribution in [0.15, 0.2) is 11.6 Å². The lowest BCUT2D eigenvalue weighted by atomic mass is 9.46. The van der Waals surface area contributed by atoms with E-state index in [0.29, 0.717) is 36.0 Å². The van der Waals surface area contributed by atoms with Gasteiger partial charge in [-0.1, -0.05) is 52.2 Å². The lowest BCUT2D eigenvalue weighted by Crippen LogP contribution is -2.54. The van der Waals surface area contributed by atoms with Crippen LogP contribution in [-0.2, 0) is 29.2 Å². The van der Waals surface area contributed by atoms with Crippen molar-refractivity contribution in [3.63, 3.8) is 0 Å². The molecule has 0 radical (unpaired) electrons. The van der Waals surface area contributed by atoms with Crippen LogP contribution in [0, 0.1) is 46.3 Å². The summed E-state index contributed by atoms with van der Waals surface area (Å²) in [5, 5.41) is 10.8. The molecule has 0 bridgehead atoms. The Morgan fingerprint density at radius 3 is 2.37 bits per heavy atom. The van der Waals surface area contributed by atoms with Gasteiger partial charge in [-0.15, -0.1) is 0 Å². The molecule has 0 spiro atoms. The van der Waals surface area contributed by atoms with Gasteiger partial charge in [-0.3, -0.25) is 9.11 Å². The summed E-state index contributed by atoms with van der Waals surface area (Å²) < 4.78 is 73.7. The van der Waals surface area contributed by atoms with Crippen molar-refractivity contribution in [1.29, 1.82) is 0 Å². The van der Waals surface area contributed by atoms with Gasteiger partial charge in [0, 0.05) is 0 Å². The Balaban J connectivity index is 1.54. The van der Waals surface area contributed by atoms with E-state index in [1.807, 2.05) is 0 Å². The van der Waals surface area contributed by atoms with Crippen LogP contribution < -0.4 is 0 Å². The summed E-state index contributed by atoms with van der Waals surface area (Å²) in [5.41, 5.74) is 0.896. The molecule has 9 nitrogen and oxygen atoms in total. The van der Waals surface area contributed by atoms with Crippen molar-refractivity contribution in [3.8, 4) is 0 Å². The number of allylic oxidation sites excluding steroid dienone is 1. The minimum absolute atomic E-state index is 0.0150. The number of fused-ring (bicyclic) bond motifs is 5. The fourth-order valence-corrected chi connectivity index (χ4v) is 9.96. The van der Waals surface area contributed by atoms with Gasteiger partial charge in [0.05, 0.1) is 12.7 Å². The van der Waals surface area contributed by atoms with Crippen LogP contribution in [0.5, 0.6) is 0 Å². The molecule has 11 heteroatoms. The number of aliphatic hydroxyl groups excluding tert-OH is 1. The Hall–Kier alpha value is -0.560.